The highest BCUT2D eigenvalue weighted by Crippen LogP contribution is 2.39. The first-order valence-corrected chi connectivity index (χ1v) is 18.0. The molecular weight excluding hydrogens is 672 g/mol. The molecule has 11 nitrogen and oxygen atoms in total. The lowest BCUT2D eigenvalue weighted by Crippen LogP contribution is -2.52. The number of ketones is 1. The number of amides is 5. The minimum Gasteiger partial charge on any atom is -0.495 e. The summed E-state index contributed by atoms with van der Waals surface area (Å²) in [4.78, 5) is 69.0. The molecule has 2 atom stereocenters. The van der Waals surface area contributed by atoms with Crippen LogP contribution in [0.25, 0.3) is 0 Å². The van der Waals surface area contributed by atoms with Gasteiger partial charge in [0.15, 0.2) is 17.9 Å². The predicted molar refractivity (Wildman–Crippen MR) is 206 cm³/mol. The van der Waals surface area contributed by atoms with Crippen LogP contribution in [0.3, 0.4) is 0 Å². The summed E-state index contributed by atoms with van der Waals surface area (Å²) in [5.41, 5.74) is 2.96. The Morgan fingerprint density at radius 2 is 1.49 bits per heavy atom. The Labute approximate surface area is 312 Å². The highest BCUT2D eigenvalue weighted by atomic mass is 16.5. The Morgan fingerprint density at radius 3 is 2.09 bits per heavy atom. The maximum absolute atomic E-state index is 14.2. The molecule has 3 aromatic rings. The number of benzene rings is 3. The molecule has 0 aromatic heterocycles. The highest BCUT2D eigenvalue weighted by molar-refractivity contribution is 6.24. The van der Waals surface area contributed by atoms with Gasteiger partial charge in [-0.15, -0.1) is 0 Å². The molecule has 0 bridgehead atoms. The number of anilines is 2. The molecule has 3 aromatic carbocycles. The van der Waals surface area contributed by atoms with E-state index in [1.165, 1.54) is 24.8 Å². The smallest absolute Gasteiger partial charge is 0.330 e. The molecule has 1 fully saturated rings. The molecule has 0 radical (unpaired) electrons. The van der Waals surface area contributed by atoms with Gasteiger partial charge in [0.1, 0.15) is 17.2 Å². The van der Waals surface area contributed by atoms with Crippen molar-refractivity contribution in [2.75, 3.05) is 17.7 Å². The summed E-state index contributed by atoms with van der Waals surface area (Å²) in [6.07, 6.45) is 1.33. The van der Waals surface area contributed by atoms with Gasteiger partial charge in [0.05, 0.1) is 12.8 Å². The SMILES string of the molecule is CCC(Oc1ccc(C(C)(C)CC)cc1C(C)(C)CC)C(=O)Nc1cccc(C(=O)C(C(=O)Nc2ccccc2OC)N2C(=O)NC(=C(C)C)C2=O)c1. The van der Waals surface area contributed by atoms with Crippen molar-refractivity contribution in [1.82, 2.24) is 10.2 Å². The number of allylic oxidation sites excluding steroid dienone is 1. The van der Waals surface area contributed by atoms with Crippen molar-refractivity contribution < 1.29 is 33.4 Å². The molecule has 1 saturated heterocycles. The molecule has 3 N–H and O–H groups in total. The maximum atomic E-state index is 14.2. The zero-order valence-corrected chi connectivity index (χ0v) is 32.4. The molecule has 0 spiro atoms. The maximum Gasteiger partial charge on any atom is 0.330 e. The van der Waals surface area contributed by atoms with Crippen molar-refractivity contribution in [3.63, 3.8) is 0 Å². The molecule has 5 amide bonds. The molecule has 53 heavy (non-hydrogen) atoms. The van der Waals surface area contributed by atoms with Crippen LogP contribution in [0.1, 0.15) is 103 Å². The van der Waals surface area contributed by atoms with Crippen LogP contribution in [0.4, 0.5) is 16.2 Å². The number of rotatable bonds is 15. The van der Waals surface area contributed by atoms with E-state index >= 15 is 0 Å². The van der Waals surface area contributed by atoms with E-state index < -0.39 is 41.7 Å². The van der Waals surface area contributed by atoms with Crippen molar-refractivity contribution in [1.29, 1.82) is 0 Å². The third kappa shape index (κ3) is 8.79. The third-order valence-electron chi connectivity index (χ3n) is 10.1. The van der Waals surface area contributed by atoms with Crippen LogP contribution in [0.15, 0.2) is 78.0 Å². The van der Waals surface area contributed by atoms with E-state index in [4.69, 9.17) is 9.47 Å². The fraction of sp³-hybridized carbons (Fsp3) is 0.405. The van der Waals surface area contributed by atoms with Gasteiger partial charge in [0.2, 0.25) is 0 Å². The summed E-state index contributed by atoms with van der Waals surface area (Å²) in [7, 11) is 1.43. The number of hydrogen-bond donors (Lipinski definition) is 3. The van der Waals surface area contributed by atoms with Crippen LogP contribution in [0.5, 0.6) is 11.5 Å². The van der Waals surface area contributed by atoms with E-state index in [9.17, 15) is 24.0 Å². The van der Waals surface area contributed by atoms with Crippen LogP contribution in [-0.2, 0) is 25.2 Å². The lowest BCUT2D eigenvalue weighted by molar-refractivity contribution is -0.129. The Morgan fingerprint density at radius 1 is 0.811 bits per heavy atom. The lowest BCUT2D eigenvalue weighted by Gasteiger charge is -2.31. The molecule has 11 heteroatoms. The van der Waals surface area contributed by atoms with Gasteiger partial charge in [0.25, 0.3) is 17.7 Å². The third-order valence-corrected chi connectivity index (χ3v) is 10.1. The standard InChI is InChI=1S/C42H52N4O7/c1-11-31(53-32-22-21-27(41(6,7)12-2)24-29(32)42(8,9)13-3)37(48)43-28-18-16-17-26(23-28)36(47)35(46-39(50)34(25(4)5)45-40(46)51)38(49)44-30-19-14-15-20-33(30)52-10/h14-24,31,35H,11-13H2,1-10H3,(H,43,48)(H,44,49)(H,45,51). The number of methoxy groups -OCH3 is 1. The molecule has 0 aliphatic carbocycles. The number of carbonyl (C=O) groups excluding carboxylic acids is 5. The zero-order chi connectivity index (χ0) is 39.2. The second-order valence-corrected chi connectivity index (χ2v) is 14.7. The summed E-state index contributed by atoms with van der Waals surface area (Å²) in [5.74, 6) is -2.05. The van der Waals surface area contributed by atoms with Gasteiger partial charge in [-0.1, -0.05) is 84.9 Å². The van der Waals surface area contributed by atoms with Gasteiger partial charge in [-0.3, -0.25) is 19.2 Å². The number of para-hydroxylation sites is 2. The normalized spacial score (nSPS) is 14.3. The minimum absolute atomic E-state index is 0.00990. The van der Waals surface area contributed by atoms with Gasteiger partial charge < -0.3 is 25.4 Å². The highest BCUT2D eigenvalue weighted by Gasteiger charge is 2.46. The van der Waals surface area contributed by atoms with E-state index in [0.29, 0.717) is 28.4 Å². The van der Waals surface area contributed by atoms with Gasteiger partial charge in [0, 0.05) is 16.8 Å². The average molecular weight is 725 g/mol. The largest absolute Gasteiger partial charge is 0.495 e. The fourth-order valence-corrected chi connectivity index (χ4v) is 5.89. The molecule has 2 unspecified atom stereocenters. The lowest BCUT2D eigenvalue weighted by atomic mass is 9.76. The first-order chi connectivity index (χ1) is 25.0. The Kier molecular flexibility index (Phi) is 12.5. The molecule has 1 aliphatic rings. The number of hydrogen-bond acceptors (Lipinski definition) is 7. The van der Waals surface area contributed by atoms with Gasteiger partial charge in [-0.25, -0.2) is 9.69 Å². The van der Waals surface area contributed by atoms with E-state index in [1.54, 1.807) is 50.2 Å². The molecule has 4 rings (SSSR count). The van der Waals surface area contributed by atoms with Crippen LogP contribution >= 0.6 is 0 Å². The predicted octanol–water partition coefficient (Wildman–Crippen LogP) is 7.90. The minimum atomic E-state index is -1.89. The summed E-state index contributed by atoms with van der Waals surface area (Å²) in [6, 6.07) is 16.0. The van der Waals surface area contributed by atoms with Crippen molar-refractivity contribution in [3.05, 3.63) is 94.7 Å². The van der Waals surface area contributed by atoms with E-state index in [-0.39, 0.29) is 33.5 Å². The zero-order valence-electron chi connectivity index (χ0n) is 32.4. The van der Waals surface area contributed by atoms with Gasteiger partial charge in [-0.2, -0.15) is 0 Å². The number of imide groups is 1. The van der Waals surface area contributed by atoms with Crippen molar-refractivity contribution in [2.24, 2.45) is 0 Å². The van der Waals surface area contributed by atoms with Crippen LogP contribution in [0.2, 0.25) is 0 Å². The average Bonchev–Trinajstić information content (AvgIpc) is 3.43. The summed E-state index contributed by atoms with van der Waals surface area (Å²) in [5, 5.41) is 7.97. The van der Waals surface area contributed by atoms with Crippen LogP contribution < -0.4 is 25.4 Å². The second-order valence-electron chi connectivity index (χ2n) is 14.7. The first-order valence-electron chi connectivity index (χ1n) is 18.0. The number of nitrogens with zero attached hydrogens (tertiary/aromatic N) is 1. The van der Waals surface area contributed by atoms with Crippen LogP contribution in [-0.4, -0.2) is 53.7 Å². The number of urea groups is 1. The molecule has 282 valence electrons. The summed E-state index contributed by atoms with van der Waals surface area (Å²) in [6.45, 7) is 18.1. The summed E-state index contributed by atoms with van der Waals surface area (Å²) < 4.78 is 11.8. The van der Waals surface area contributed by atoms with Crippen LogP contribution in [0, 0.1) is 0 Å². The first kappa shape index (κ1) is 40.3. The Balaban J connectivity index is 1.64. The number of nitrogens with one attached hydrogen (secondary N) is 3. The molecule has 0 saturated carbocycles. The number of carbonyl (C=O) groups is 5. The fourth-order valence-electron chi connectivity index (χ4n) is 5.89. The monoisotopic (exact) mass is 724 g/mol. The topological polar surface area (TPSA) is 143 Å². The van der Waals surface area contributed by atoms with Gasteiger partial charge in [-0.05, 0) is 85.4 Å². The van der Waals surface area contributed by atoms with Crippen molar-refractivity contribution >= 4 is 40.9 Å². The number of Topliss-reactive ketones (excluding diaryl/α,β-unsaturated/α-hetero) is 1. The molecular formula is C42H52N4O7. The molecule has 1 heterocycles. The van der Waals surface area contributed by atoms with E-state index in [1.807, 2.05) is 13.0 Å². The Hall–Kier alpha value is -5.45. The second kappa shape index (κ2) is 16.5. The van der Waals surface area contributed by atoms with Crippen molar-refractivity contribution in [2.45, 2.75) is 105 Å². The van der Waals surface area contributed by atoms with Crippen molar-refractivity contribution in [3.8, 4) is 11.5 Å². The van der Waals surface area contributed by atoms with E-state index in [0.717, 1.165) is 18.4 Å². The van der Waals surface area contributed by atoms with E-state index in [2.05, 4.69) is 69.6 Å². The Bertz CT molecular complexity index is 1930. The summed E-state index contributed by atoms with van der Waals surface area (Å²) >= 11 is 0. The number of ether oxygens (including phenoxy) is 2. The molecule has 1 aliphatic heterocycles. The van der Waals surface area contributed by atoms with Gasteiger partial charge >= 0.3 is 6.03 Å². The quantitative estimate of drug-likeness (QED) is 0.0626.